The van der Waals surface area contributed by atoms with Crippen LogP contribution in [0.25, 0.3) is 0 Å². The Labute approximate surface area is 110 Å². The fraction of sp³-hybridized carbons (Fsp3) is 0.154. The van der Waals surface area contributed by atoms with Crippen molar-refractivity contribution in [3.05, 3.63) is 41.6 Å². The van der Waals surface area contributed by atoms with E-state index in [9.17, 15) is 0 Å². The maximum absolute atomic E-state index is 6.03. The summed E-state index contributed by atoms with van der Waals surface area (Å²) < 4.78 is 11.0. The molecular formula is C13H13ClN2O2. The summed E-state index contributed by atoms with van der Waals surface area (Å²) >= 11 is 6.03. The van der Waals surface area contributed by atoms with Crippen molar-refractivity contribution in [3.63, 3.8) is 0 Å². The molecule has 4 nitrogen and oxygen atoms in total. The largest absolute Gasteiger partial charge is 0.488 e. The molecule has 0 atom stereocenters. The molecule has 0 aliphatic rings. The van der Waals surface area contributed by atoms with Crippen LogP contribution in [0.5, 0.6) is 17.4 Å². The molecule has 0 radical (unpaired) electrons. The van der Waals surface area contributed by atoms with Crippen LogP contribution in [-0.2, 0) is 0 Å². The van der Waals surface area contributed by atoms with Gasteiger partial charge in [-0.05, 0) is 31.2 Å². The third-order valence-electron chi connectivity index (χ3n) is 2.20. The molecule has 0 amide bonds. The molecule has 0 unspecified atom stereocenters. The van der Waals surface area contributed by atoms with E-state index in [1.165, 1.54) is 0 Å². The van der Waals surface area contributed by atoms with Gasteiger partial charge in [0.25, 0.3) is 5.88 Å². The number of aromatic nitrogens is 1. The molecule has 18 heavy (non-hydrogen) atoms. The van der Waals surface area contributed by atoms with Crippen LogP contribution in [0.2, 0.25) is 5.02 Å². The van der Waals surface area contributed by atoms with Gasteiger partial charge >= 0.3 is 0 Å². The second-order valence-electron chi connectivity index (χ2n) is 3.53. The minimum Gasteiger partial charge on any atom is -0.488 e. The third-order valence-corrected chi connectivity index (χ3v) is 2.51. The van der Waals surface area contributed by atoms with Crippen LogP contribution in [-0.4, -0.2) is 11.6 Å². The molecule has 0 aliphatic heterocycles. The van der Waals surface area contributed by atoms with Crippen LogP contribution in [0.4, 0.5) is 5.69 Å². The van der Waals surface area contributed by atoms with E-state index in [1.807, 2.05) is 6.92 Å². The summed E-state index contributed by atoms with van der Waals surface area (Å²) in [5, 5.41) is 0.470. The van der Waals surface area contributed by atoms with E-state index in [-0.39, 0.29) is 0 Å². The Morgan fingerprint density at radius 2 is 2.11 bits per heavy atom. The smallest absolute Gasteiger partial charge is 0.262 e. The highest BCUT2D eigenvalue weighted by atomic mass is 35.5. The van der Waals surface area contributed by atoms with Gasteiger partial charge < -0.3 is 15.2 Å². The molecule has 2 N–H and O–H groups in total. The second kappa shape index (κ2) is 5.60. The van der Waals surface area contributed by atoms with Gasteiger partial charge in [-0.2, -0.15) is 0 Å². The minimum atomic E-state index is 0.367. The maximum atomic E-state index is 6.03. The molecule has 0 fully saturated rings. The minimum absolute atomic E-state index is 0.367. The summed E-state index contributed by atoms with van der Waals surface area (Å²) in [5.74, 6) is 1.39. The van der Waals surface area contributed by atoms with Crippen molar-refractivity contribution >= 4 is 17.3 Å². The summed E-state index contributed by atoms with van der Waals surface area (Å²) in [6.07, 6.45) is 1.62. The molecule has 0 bridgehead atoms. The predicted octanol–water partition coefficient (Wildman–Crippen LogP) is 3.51. The van der Waals surface area contributed by atoms with Crippen molar-refractivity contribution in [2.24, 2.45) is 0 Å². The first-order valence-corrected chi connectivity index (χ1v) is 5.89. The number of pyridine rings is 1. The lowest BCUT2D eigenvalue weighted by Gasteiger charge is -2.11. The number of nitrogen functional groups attached to an aromatic ring is 1. The van der Waals surface area contributed by atoms with Crippen molar-refractivity contribution in [3.8, 4) is 17.4 Å². The van der Waals surface area contributed by atoms with Crippen LogP contribution < -0.4 is 15.2 Å². The summed E-state index contributed by atoms with van der Waals surface area (Å²) in [6, 6.07) is 8.59. The quantitative estimate of drug-likeness (QED) is 0.859. The molecule has 2 aromatic rings. The molecule has 0 aliphatic carbocycles. The van der Waals surface area contributed by atoms with E-state index in [4.69, 9.17) is 26.8 Å². The van der Waals surface area contributed by atoms with E-state index in [1.54, 1.807) is 36.5 Å². The van der Waals surface area contributed by atoms with Crippen LogP contribution in [0.15, 0.2) is 36.5 Å². The Bertz CT molecular complexity index is 546. The van der Waals surface area contributed by atoms with Crippen LogP contribution >= 0.6 is 11.6 Å². The molecule has 1 aromatic heterocycles. The maximum Gasteiger partial charge on any atom is 0.262 e. The zero-order chi connectivity index (χ0) is 13.0. The molecular weight excluding hydrogens is 252 g/mol. The average molecular weight is 265 g/mol. The second-order valence-corrected chi connectivity index (χ2v) is 3.94. The van der Waals surface area contributed by atoms with Gasteiger partial charge in [0.05, 0.1) is 11.6 Å². The summed E-state index contributed by atoms with van der Waals surface area (Å²) in [5.41, 5.74) is 6.26. The van der Waals surface area contributed by atoms with E-state index < -0.39 is 0 Å². The zero-order valence-corrected chi connectivity index (χ0v) is 10.6. The Morgan fingerprint density at radius 3 is 2.89 bits per heavy atom. The number of benzene rings is 1. The topological polar surface area (TPSA) is 57.4 Å². The van der Waals surface area contributed by atoms with E-state index in [0.29, 0.717) is 34.7 Å². The van der Waals surface area contributed by atoms with Crippen molar-refractivity contribution in [1.29, 1.82) is 0 Å². The van der Waals surface area contributed by atoms with Gasteiger partial charge in [-0.3, -0.25) is 0 Å². The third kappa shape index (κ3) is 2.84. The predicted molar refractivity (Wildman–Crippen MR) is 71.3 cm³/mol. The molecule has 0 spiro atoms. The Balaban J connectivity index is 2.30. The van der Waals surface area contributed by atoms with Crippen molar-refractivity contribution in [1.82, 2.24) is 4.98 Å². The van der Waals surface area contributed by atoms with Crippen LogP contribution in [0.3, 0.4) is 0 Å². The normalized spacial score (nSPS) is 10.1. The SMILES string of the molecule is CCOc1cccnc1Oc1cc(N)ccc1Cl. The summed E-state index contributed by atoms with van der Waals surface area (Å²) in [7, 11) is 0. The fourth-order valence-electron chi connectivity index (χ4n) is 1.42. The summed E-state index contributed by atoms with van der Waals surface area (Å²) in [6.45, 7) is 2.43. The number of anilines is 1. The highest BCUT2D eigenvalue weighted by molar-refractivity contribution is 6.32. The molecule has 5 heteroatoms. The first kappa shape index (κ1) is 12.5. The molecule has 1 aromatic carbocycles. The molecule has 0 saturated carbocycles. The number of nitrogens with zero attached hydrogens (tertiary/aromatic N) is 1. The van der Waals surface area contributed by atoms with Crippen molar-refractivity contribution in [2.75, 3.05) is 12.3 Å². The van der Waals surface area contributed by atoms with Gasteiger partial charge in [-0.1, -0.05) is 11.6 Å². The van der Waals surface area contributed by atoms with Crippen molar-refractivity contribution < 1.29 is 9.47 Å². The summed E-state index contributed by atoms with van der Waals surface area (Å²) in [4.78, 5) is 4.12. The first-order valence-electron chi connectivity index (χ1n) is 5.51. The number of halogens is 1. The van der Waals surface area contributed by atoms with Gasteiger partial charge in [0, 0.05) is 18.0 Å². The van der Waals surface area contributed by atoms with Gasteiger partial charge in [-0.25, -0.2) is 4.98 Å². The molecule has 0 saturated heterocycles. The van der Waals surface area contributed by atoms with Gasteiger partial charge in [0.15, 0.2) is 5.75 Å². The lowest BCUT2D eigenvalue weighted by atomic mass is 10.3. The Kier molecular flexibility index (Phi) is 3.89. The van der Waals surface area contributed by atoms with Crippen molar-refractivity contribution in [2.45, 2.75) is 6.92 Å². The standard InChI is InChI=1S/C13H13ClN2O2/c1-2-17-11-4-3-7-16-13(11)18-12-8-9(15)5-6-10(12)14/h3-8H,2,15H2,1H3. The first-order chi connectivity index (χ1) is 8.70. The highest BCUT2D eigenvalue weighted by Crippen LogP contribution is 2.34. The Morgan fingerprint density at radius 1 is 1.28 bits per heavy atom. The zero-order valence-electron chi connectivity index (χ0n) is 9.89. The number of hydrogen-bond acceptors (Lipinski definition) is 4. The van der Waals surface area contributed by atoms with E-state index in [0.717, 1.165) is 0 Å². The van der Waals surface area contributed by atoms with Gasteiger partial charge in [0.1, 0.15) is 5.75 Å². The van der Waals surface area contributed by atoms with Crippen LogP contribution in [0.1, 0.15) is 6.92 Å². The van der Waals surface area contributed by atoms with Crippen LogP contribution in [0, 0.1) is 0 Å². The molecule has 1 heterocycles. The lowest BCUT2D eigenvalue weighted by Crippen LogP contribution is -1.97. The molecule has 2 rings (SSSR count). The number of ether oxygens (including phenoxy) is 2. The van der Waals surface area contributed by atoms with Gasteiger partial charge in [-0.15, -0.1) is 0 Å². The highest BCUT2D eigenvalue weighted by Gasteiger charge is 2.09. The number of rotatable bonds is 4. The number of nitrogens with two attached hydrogens (primary N) is 1. The van der Waals surface area contributed by atoms with E-state index in [2.05, 4.69) is 4.98 Å². The van der Waals surface area contributed by atoms with E-state index >= 15 is 0 Å². The van der Waals surface area contributed by atoms with Gasteiger partial charge in [0.2, 0.25) is 0 Å². The fourth-order valence-corrected chi connectivity index (χ4v) is 1.58. The molecule has 94 valence electrons. The average Bonchev–Trinajstić information content (AvgIpc) is 2.36. The monoisotopic (exact) mass is 264 g/mol. The number of hydrogen-bond donors (Lipinski definition) is 1. The Hall–Kier alpha value is -1.94. The lowest BCUT2D eigenvalue weighted by molar-refractivity contribution is 0.316.